The number of hydrogen-bond acceptors (Lipinski definition) is 4. The molecule has 1 aromatic heterocycles. The van der Waals surface area contributed by atoms with Crippen LogP contribution in [0.4, 0.5) is 19.1 Å². The number of nitrogen functional groups attached to an aromatic ring is 1. The van der Waals surface area contributed by atoms with Gasteiger partial charge in [-0.05, 0) is 18.2 Å². The first-order chi connectivity index (χ1) is 8.90. The van der Waals surface area contributed by atoms with Crippen molar-refractivity contribution in [2.45, 2.75) is 6.18 Å². The van der Waals surface area contributed by atoms with Crippen LogP contribution in [0.25, 0.3) is 11.3 Å². The van der Waals surface area contributed by atoms with E-state index in [1.165, 1.54) is 0 Å². The lowest BCUT2D eigenvalue weighted by Crippen LogP contribution is -2.15. The molecule has 8 heteroatoms. The number of nitrogens with two attached hydrogens (primary N) is 1. The fourth-order valence-corrected chi connectivity index (χ4v) is 1.85. The number of nitrogens with one attached hydrogen (secondary N) is 1. The SMILES string of the molecule is NNc1nc(-c2cccc(Br)c2)cc(C(F)(F)F)n1. The number of hydrogen-bond donors (Lipinski definition) is 2. The number of rotatable bonds is 2. The maximum absolute atomic E-state index is 12.7. The Morgan fingerprint density at radius 1 is 1.16 bits per heavy atom. The summed E-state index contributed by atoms with van der Waals surface area (Å²) >= 11 is 3.25. The molecule has 0 aliphatic rings. The topological polar surface area (TPSA) is 63.8 Å². The predicted molar refractivity (Wildman–Crippen MR) is 68.0 cm³/mol. The second kappa shape index (κ2) is 5.14. The van der Waals surface area contributed by atoms with E-state index in [0.717, 1.165) is 10.5 Å². The molecular weight excluding hydrogens is 325 g/mol. The molecule has 0 atom stereocenters. The summed E-state index contributed by atoms with van der Waals surface area (Å²) in [4.78, 5) is 7.20. The van der Waals surface area contributed by atoms with Crippen molar-refractivity contribution in [2.75, 3.05) is 5.43 Å². The average Bonchev–Trinajstić information content (AvgIpc) is 2.37. The highest BCUT2D eigenvalue weighted by atomic mass is 79.9. The van der Waals surface area contributed by atoms with Crippen LogP contribution in [0.2, 0.25) is 0 Å². The van der Waals surface area contributed by atoms with Gasteiger partial charge in [0.25, 0.3) is 0 Å². The Labute approximate surface area is 115 Å². The van der Waals surface area contributed by atoms with Crippen molar-refractivity contribution in [2.24, 2.45) is 5.84 Å². The Morgan fingerprint density at radius 2 is 1.89 bits per heavy atom. The Morgan fingerprint density at radius 3 is 2.47 bits per heavy atom. The third-order valence-electron chi connectivity index (χ3n) is 2.27. The normalized spacial score (nSPS) is 11.4. The largest absolute Gasteiger partial charge is 0.433 e. The summed E-state index contributed by atoms with van der Waals surface area (Å²) in [5.74, 6) is 4.80. The van der Waals surface area contributed by atoms with Crippen LogP contribution >= 0.6 is 15.9 Å². The van der Waals surface area contributed by atoms with Crippen LogP contribution in [0.1, 0.15) is 5.69 Å². The molecule has 0 spiro atoms. The Kier molecular flexibility index (Phi) is 3.72. The van der Waals surface area contributed by atoms with Crippen LogP contribution in [0.15, 0.2) is 34.8 Å². The van der Waals surface area contributed by atoms with Crippen molar-refractivity contribution in [3.63, 3.8) is 0 Å². The van der Waals surface area contributed by atoms with Gasteiger partial charge in [0.1, 0.15) is 0 Å². The zero-order chi connectivity index (χ0) is 14.0. The van der Waals surface area contributed by atoms with E-state index in [1.54, 1.807) is 24.3 Å². The van der Waals surface area contributed by atoms with Gasteiger partial charge in [0.05, 0.1) is 5.69 Å². The number of nitrogens with zero attached hydrogens (tertiary/aromatic N) is 2. The molecule has 0 radical (unpaired) electrons. The maximum atomic E-state index is 12.7. The molecule has 0 amide bonds. The molecule has 1 aromatic carbocycles. The Bertz CT molecular complexity index is 601. The highest BCUT2D eigenvalue weighted by Crippen LogP contribution is 2.31. The second-order valence-corrected chi connectivity index (χ2v) is 4.53. The zero-order valence-electron chi connectivity index (χ0n) is 9.37. The van der Waals surface area contributed by atoms with E-state index in [1.807, 2.05) is 5.43 Å². The molecule has 0 bridgehead atoms. The quantitative estimate of drug-likeness (QED) is 0.654. The Hall–Kier alpha value is -1.67. The predicted octanol–water partition coefficient (Wildman–Crippen LogP) is 3.21. The van der Waals surface area contributed by atoms with Gasteiger partial charge >= 0.3 is 6.18 Å². The van der Waals surface area contributed by atoms with Gasteiger partial charge in [-0.2, -0.15) is 13.2 Å². The molecule has 0 saturated heterocycles. The number of benzene rings is 1. The highest BCUT2D eigenvalue weighted by Gasteiger charge is 2.33. The number of alkyl halides is 3. The van der Waals surface area contributed by atoms with Crippen molar-refractivity contribution >= 4 is 21.9 Å². The molecule has 0 fully saturated rings. The smallest absolute Gasteiger partial charge is 0.292 e. The van der Waals surface area contributed by atoms with E-state index in [4.69, 9.17) is 5.84 Å². The molecule has 1 heterocycles. The van der Waals surface area contributed by atoms with E-state index in [2.05, 4.69) is 25.9 Å². The minimum Gasteiger partial charge on any atom is -0.292 e. The molecule has 0 aliphatic carbocycles. The second-order valence-electron chi connectivity index (χ2n) is 3.61. The molecule has 19 heavy (non-hydrogen) atoms. The average molecular weight is 333 g/mol. The molecule has 2 aromatic rings. The number of hydrazine groups is 1. The number of aromatic nitrogens is 2. The maximum Gasteiger partial charge on any atom is 0.433 e. The number of anilines is 1. The van der Waals surface area contributed by atoms with Crippen molar-refractivity contribution in [3.8, 4) is 11.3 Å². The van der Waals surface area contributed by atoms with E-state index in [9.17, 15) is 13.2 Å². The summed E-state index contributed by atoms with van der Waals surface area (Å²) in [6.45, 7) is 0. The molecular formula is C11H8BrF3N4. The van der Waals surface area contributed by atoms with Crippen LogP contribution < -0.4 is 11.3 Å². The van der Waals surface area contributed by atoms with Gasteiger partial charge in [-0.25, -0.2) is 15.8 Å². The minimum absolute atomic E-state index is 0.136. The van der Waals surface area contributed by atoms with Crippen LogP contribution in [-0.2, 0) is 6.18 Å². The van der Waals surface area contributed by atoms with Crippen molar-refractivity contribution in [1.82, 2.24) is 9.97 Å². The van der Waals surface area contributed by atoms with E-state index in [0.29, 0.717) is 5.56 Å². The van der Waals surface area contributed by atoms with Crippen molar-refractivity contribution in [3.05, 3.63) is 40.5 Å². The zero-order valence-corrected chi connectivity index (χ0v) is 11.0. The minimum atomic E-state index is -4.56. The monoisotopic (exact) mass is 332 g/mol. The fraction of sp³-hybridized carbons (Fsp3) is 0.0909. The molecule has 4 nitrogen and oxygen atoms in total. The summed E-state index contributed by atoms with van der Waals surface area (Å²) in [7, 11) is 0. The fourth-order valence-electron chi connectivity index (χ4n) is 1.45. The Balaban J connectivity index is 2.57. The summed E-state index contributed by atoms with van der Waals surface area (Å²) in [6.07, 6.45) is -4.56. The van der Waals surface area contributed by atoms with Gasteiger partial charge < -0.3 is 0 Å². The lowest BCUT2D eigenvalue weighted by molar-refractivity contribution is -0.141. The van der Waals surface area contributed by atoms with Crippen molar-refractivity contribution < 1.29 is 13.2 Å². The van der Waals surface area contributed by atoms with Gasteiger partial charge in [-0.3, -0.25) is 5.43 Å². The van der Waals surface area contributed by atoms with Crippen LogP contribution in [-0.4, -0.2) is 9.97 Å². The van der Waals surface area contributed by atoms with Gasteiger partial charge in [0.2, 0.25) is 5.95 Å². The molecule has 100 valence electrons. The van der Waals surface area contributed by atoms with Gasteiger partial charge in [0.15, 0.2) is 5.69 Å². The van der Waals surface area contributed by atoms with Crippen molar-refractivity contribution in [1.29, 1.82) is 0 Å². The molecule has 2 rings (SSSR count). The lowest BCUT2D eigenvalue weighted by atomic mass is 10.1. The standard InChI is InChI=1S/C11H8BrF3N4/c12-7-3-1-2-6(4-7)8-5-9(11(13,14)15)18-10(17-8)19-16/h1-5H,16H2,(H,17,18,19). The highest BCUT2D eigenvalue weighted by molar-refractivity contribution is 9.10. The van der Waals surface area contributed by atoms with Gasteiger partial charge in [-0.15, -0.1) is 0 Å². The van der Waals surface area contributed by atoms with Crippen LogP contribution in [0, 0.1) is 0 Å². The van der Waals surface area contributed by atoms with Crippen LogP contribution in [0.3, 0.4) is 0 Å². The first-order valence-corrected chi connectivity index (χ1v) is 5.88. The van der Waals surface area contributed by atoms with E-state index in [-0.39, 0.29) is 11.6 Å². The molecule has 0 aliphatic heterocycles. The third kappa shape index (κ3) is 3.21. The molecule has 0 unspecified atom stereocenters. The van der Waals surface area contributed by atoms with Crippen LogP contribution in [0.5, 0.6) is 0 Å². The van der Waals surface area contributed by atoms with E-state index < -0.39 is 11.9 Å². The first-order valence-electron chi connectivity index (χ1n) is 5.09. The molecule has 3 N–H and O–H groups in total. The summed E-state index contributed by atoms with van der Waals surface area (Å²) < 4.78 is 38.9. The van der Waals surface area contributed by atoms with Gasteiger partial charge in [0, 0.05) is 10.0 Å². The summed E-state index contributed by atoms with van der Waals surface area (Å²) in [5, 5.41) is 0. The van der Waals surface area contributed by atoms with E-state index >= 15 is 0 Å². The third-order valence-corrected chi connectivity index (χ3v) is 2.76. The first kappa shape index (κ1) is 13.8. The lowest BCUT2D eigenvalue weighted by Gasteiger charge is -2.10. The summed E-state index contributed by atoms with van der Waals surface area (Å²) in [5.41, 5.74) is 1.64. The molecule has 0 saturated carbocycles. The van der Waals surface area contributed by atoms with Gasteiger partial charge in [-0.1, -0.05) is 28.1 Å². The number of halogens is 4. The summed E-state index contributed by atoms with van der Waals surface area (Å²) in [6, 6.07) is 7.64.